The summed E-state index contributed by atoms with van der Waals surface area (Å²) < 4.78 is 27.9. The molecule has 9 heteroatoms. The molecule has 2 rings (SSSR count). The SMILES string of the molecule is Cn1ncc(Cl)c1S(=O)(=O)Nc1cc(N)ccc1Cl. The van der Waals surface area contributed by atoms with Gasteiger partial charge in [0.05, 0.1) is 21.9 Å². The average molecular weight is 321 g/mol. The Kier molecular flexibility index (Phi) is 3.62. The number of aryl methyl sites for hydroxylation is 1. The maximum Gasteiger partial charge on any atom is 0.280 e. The molecule has 0 unspecified atom stereocenters. The van der Waals surface area contributed by atoms with Crippen molar-refractivity contribution in [3.63, 3.8) is 0 Å². The molecule has 0 aliphatic rings. The zero-order valence-corrected chi connectivity index (χ0v) is 12.1. The lowest BCUT2D eigenvalue weighted by molar-refractivity contribution is 0.582. The van der Waals surface area contributed by atoms with Gasteiger partial charge in [-0.15, -0.1) is 0 Å². The fraction of sp³-hybridized carbons (Fsp3) is 0.100. The van der Waals surface area contributed by atoms with Crippen LogP contribution in [0.1, 0.15) is 0 Å². The van der Waals surface area contributed by atoms with Crippen molar-refractivity contribution in [3.8, 4) is 0 Å². The summed E-state index contributed by atoms with van der Waals surface area (Å²) in [5.74, 6) is 0. The number of nitrogens with two attached hydrogens (primary N) is 1. The molecule has 0 saturated heterocycles. The minimum Gasteiger partial charge on any atom is -0.399 e. The van der Waals surface area contributed by atoms with Gasteiger partial charge in [0.25, 0.3) is 10.0 Å². The first-order chi connectivity index (χ1) is 8.81. The highest BCUT2D eigenvalue weighted by Crippen LogP contribution is 2.28. The van der Waals surface area contributed by atoms with E-state index in [1.165, 1.54) is 25.4 Å². The van der Waals surface area contributed by atoms with Gasteiger partial charge in [-0.25, -0.2) is 0 Å². The highest BCUT2D eigenvalue weighted by atomic mass is 35.5. The lowest BCUT2D eigenvalue weighted by atomic mass is 10.3. The molecule has 3 N–H and O–H groups in total. The molecule has 1 heterocycles. The summed E-state index contributed by atoms with van der Waals surface area (Å²) in [6, 6.07) is 4.49. The van der Waals surface area contributed by atoms with Gasteiger partial charge in [0, 0.05) is 12.7 Å². The van der Waals surface area contributed by atoms with Crippen molar-refractivity contribution in [2.75, 3.05) is 10.5 Å². The standard InChI is InChI=1S/C10H10Cl2N4O2S/c1-16-10(8(12)5-14-16)19(17,18)15-9-4-6(13)2-3-7(9)11/h2-5,15H,13H2,1H3. The van der Waals surface area contributed by atoms with Crippen LogP contribution in [0.3, 0.4) is 0 Å². The Morgan fingerprint density at radius 1 is 1.32 bits per heavy atom. The third kappa shape index (κ3) is 2.78. The van der Waals surface area contributed by atoms with Crippen LogP contribution < -0.4 is 10.5 Å². The number of nitrogen functional groups attached to an aromatic ring is 1. The number of aromatic nitrogens is 2. The van der Waals surface area contributed by atoms with Gasteiger partial charge in [-0.1, -0.05) is 23.2 Å². The van der Waals surface area contributed by atoms with E-state index >= 15 is 0 Å². The molecule has 102 valence electrons. The van der Waals surface area contributed by atoms with Crippen molar-refractivity contribution >= 4 is 44.6 Å². The molecule has 1 aromatic heterocycles. The van der Waals surface area contributed by atoms with Crippen molar-refractivity contribution < 1.29 is 8.42 Å². The second kappa shape index (κ2) is 4.92. The summed E-state index contributed by atoms with van der Waals surface area (Å²) in [6.45, 7) is 0. The van der Waals surface area contributed by atoms with Gasteiger partial charge in [-0.2, -0.15) is 13.5 Å². The molecule has 0 bridgehead atoms. The van der Waals surface area contributed by atoms with Crippen LogP contribution in [-0.4, -0.2) is 18.2 Å². The van der Waals surface area contributed by atoms with Crippen LogP contribution in [0.15, 0.2) is 29.4 Å². The van der Waals surface area contributed by atoms with Gasteiger partial charge >= 0.3 is 0 Å². The molecule has 0 fully saturated rings. The normalized spacial score (nSPS) is 11.5. The van der Waals surface area contributed by atoms with E-state index in [0.29, 0.717) is 5.69 Å². The topological polar surface area (TPSA) is 90.0 Å². The third-order valence-corrected chi connectivity index (χ3v) is 4.53. The van der Waals surface area contributed by atoms with Crippen molar-refractivity contribution in [3.05, 3.63) is 34.4 Å². The Morgan fingerprint density at radius 2 is 2.00 bits per heavy atom. The second-order valence-corrected chi connectivity index (χ2v) is 6.18. The highest BCUT2D eigenvalue weighted by Gasteiger charge is 2.23. The van der Waals surface area contributed by atoms with Crippen LogP contribution in [0.4, 0.5) is 11.4 Å². The maximum atomic E-state index is 12.2. The number of sulfonamides is 1. The number of benzene rings is 1. The van der Waals surface area contributed by atoms with E-state index in [2.05, 4.69) is 9.82 Å². The molecule has 19 heavy (non-hydrogen) atoms. The summed E-state index contributed by atoms with van der Waals surface area (Å²) >= 11 is 11.7. The zero-order chi connectivity index (χ0) is 14.2. The Hall–Kier alpha value is -1.44. The number of hydrogen-bond donors (Lipinski definition) is 2. The first-order valence-corrected chi connectivity index (χ1v) is 7.30. The highest BCUT2D eigenvalue weighted by molar-refractivity contribution is 7.92. The van der Waals surface area contributed by atoms with E-state index in [0.717, 1.165) is 4.68 Å². The fourth-order valence-electron chi connectivity index (χ4n) is 1.52. The Balaban J connectivity index is 2.45. The van der Waals surface area contributed by atoms with E-state index in [-0.39, 0.29) is 20.8 Å². The molecule has 0 saturated carbocycles. The molecule has 0 amide bonds. The molecule has 0 aliphatic carbocycles. The monoisotopic (exact) mass is 320 g/mol. The summed E-state index contributed by atoms with van der Waals surface area (Å²) in [6.07, 6.45) is 1.25. The number of halogens is 2. The van der Waals surface area contributed by atoms with Crippen LogP contribution in [0.5, 0.6) is 0 Å². The summed E-state index contributed by atoms with van der Waals surface area (Å²) in [4.78, 5) is 0. The van der Waals surface area contributed by atoms with Gasteiger partial charge in [-0.3, -0.25) is 9.40 Å². The summed E-state index contributed by atoms with van der Waals surface area (Å²) in [7, 11) is -2.42. The molecule has 0 spiro atoms. The first-order valence-electron chi connectivity index (χ1n) is 5.06. The molecule has 2 aromatic rings. The van der Waals surface area contributed by atoms with Crippen molar-refractivity contribution in [2.24, 2.45) is 7.05 Å². The predicted molar refractivity (Wildman–Crippen MR) is 74.9 cm³/mol. The lowest BCUT2D eigenvalue weighted by Crippen LogP contribution is -2.17. The number of rotatable bonds is 3. The fourth-order valence-corrected chi connectivity index (χ4v) is 3.47. The quantitative estimate of drug-likeness (QED) is 0.847. The minimum atomic E-state index is -3.89. The number of anilines is 2. The van der Waals surface area contributed by atoms with Crippen LogP contribution in [0.2, 0.25) is 10.0 Å². The van der Waals surface area contributed by atoms with E-state index in [1.54, 1.807) is 6.07 Å². The zero-order valence-electron chi connectivity index (χ0n) is 9.76. The van der Waals surface area contributed by atoms with Crippen LogP contribution >= 0.6 is 23.2 Å². The Morgan fingerprint density at radius 3 is 2.58 bits per heavy atom. The molecule has 0 atom stereocenters. The van der Waals surface area contributed by atoms with Gasteiger partial charge in [0.2, 0.25) is 0 Å². The van der Waals surface area contributed by atoms with Crippen LogP contribution in [0.25, 0.3) is 0 Å². The van der Waals surface area contributed by atoms with Crippen LogP contribution in [0, 0.1) is 0 Å². The third-order valence-electron chi connectivity index (χ3n) is 2.33. The van der Waals surface area contributed by atoms with Gasteiger partial charge in [0.1, 0.15) is 0 Å². The van der Waals surface area contributed by atoms with Crippen LogP contribution in [-0.2, 0) is 17.1 Å². The molecule has 0 radical (unpaired) electrons. The number of hydrogen-bond acceptors (Lipinski definition) is 4. The second-order valence-electron chi connectivity index (χ2n) is 3.77. The van der Waals surface area contributed by atoms with Gasteiger partial charge in [-0.05, 0) is 18.2 Å². The molecule has 6 nitrogen and oxygen atoms in total. The van der Waals surface area contributed by atoms with Crippen molar-refractivity contribution in [2.45, 2.75) is 5.03 Å². The van der Waals surface area contributed by atoms with Gasteiger partial charge in [0.15, 0.2) is 5.03 Å². The van der Waals surface area contributed by atoms with E-state index < -0.39 is 10.0 Å². The predicted octanol–water partition coefficient (Wildman–Crippen LogP) is 2.11. The lowest BCUT2D eigenvalue weighted by Gasteiger charge is -2.10. The first kappa shape index (κ1) is 14.0. The number of nitrogens with one attached hydrogen (secondary N) is 1. The van der Waals surface area contributed by atoms with Crippen molar-refractivity contribution in [1.82, 2.24) is 9.78 Å². The Labute approximate surface area is 120 Å². The maximum absolute atomic E-state index is 12.2. The average Bonchev–Trinajstić information content (AvgIpc) is 2.64. The number of nitrogens with zero attached hydrogens (tertiary/aromatic N) is 2. The Bertz CT molecular complexity index is 708. The molecular weight excluding hydrogens is 311 g/mol. The van der Waals surface area contributed by atoms with E-state index in [1.807, 2.05) is 0 Å². The summed E-state index contributed by atoms with van der Waals surface area (Å²) in [5, 5.41) is 3.88. The minimum absolute atomic E-state index is 0.0232. The smallest absolute Gasteiger partial charge is 0.280 e. The van der Waals surface area contributed by atoms with Gasteiger partial charge < -0.3 is 5.73 Å². The van der Waals surface area contributed by atoms with Crippen molar-refractivity contribution in [1.29, 1.82) is 0 Å². The molecular formula is C10H10Cl2N4O2S. The largest absolute Gasteiger partial charge is 0.399 e. The molecule has 1 aromatic carbocycles. The van der Waals surface area contributed by atoms with E-state index in [9.17, 15) is 8.42 Å². The molecule has 0 aliphatic heterocycles. The summed E-state index contributed by atoms with van der Waals surface area (Å²) in [5.41, 5.74) is 6.15. The van der Waals surface area contributed by atoms with E-state index in [4.69, 9.17) is 28.9 Å².